The van der Waals surface area contributed by atoms with Crippen LogP contribution in [0.25, 0.3) is 0 Å². The van der Waals surface area contributed by atoms with E-state index in [4.69, 9.17) is 17.3 Å². The van der Waals surface area contributed by atoms with Gasteiger partial charge in [0.15, 0.2) is 0 Å². The second-order valence-corrected chi connectivity index (χ2v) is 2.83. The van der Waals surface area contributed by atoms with Crippen LogP contribution in [-0.2, 0) is 0 Å². The fraction of sp³-hybridized carbons (Fsp3) is 0.111. The second kappa shape index (κ2) is 3.70. The largest absolute Gasteiger partial charge is 0.321 e. The van der Waals surface area contributed by atoms with Crippen LogP contribution in [0.4, 0.5) is 4.39 Å². The van der Waals surface area contributed by atoms with Crippen molar-refractivity contribution in [3.8, 4) is 0 Å². The quantitative estimate of drug-likeness (QED) is 0.705. The molecule has 12 heavy (non-hydrogen) atoms. The third-order valence-corrected chi connectivity index (χ3v) is 1.90. The van der Waals surface area contributed by atoms with E-state index in [9.17, 15) is 4.39 Å². The maximum atomic E-state index is 12.6. The van der Waals surface area contributed by atoms with Crippen LogP contribution in [-0.4, -0.2) is 0 Å². The minimum absolute atomic E-state index is 0.335. The highest BCUT2D eigenvalue weighted by molar-refractivity contribution is 6.31. The molecule has 0 aromatic heterocycles. The molecule has 0 bridgehead atoms. The molecule has 0 saturated carbocycles. The molecule has 3 heteroatoms. The van der Waals surface area contributed by atoms with E-state index in [1.54, 1.807) is 12.1 Å². The summed E-state index contributed by atoms with van der Waals surface area (Å²) < 4.78 is 12.6. The lowest BCUT2D eigenvalue weighted by molar-refractivity contribution is 0.626. The van der Waals surface area contributed by atoms with Crippen molar-refractivity contribution >= 4 is 11.6 Å². The van der Waals surface area contributed by atoms with Gasteiger partial charge in [-0.25, -0.2) is 4.39 Å². The summed E-state index contributed by atoms with van der Waals surface area (Å²) in [4.78, 5) is 0. The van der Waals surface area contributed by atoms with Gasteiger partial charge in [0.1, 0.15) is 5.82 Å². The number of nitrogens with two attached hydrogens (primary N) is 1. The highest BCUT2D eigenvalue weighted by Gasteiger charge is 2.06. The second-order valence-electron chi connectivity index (χ2n) is 2.43. The number of benzene rings is 1. The summed E-state index contributed by atoms with van der Waals surface area (Å²) >= 11 is 5.74. The molecular formula is C9H9ClFN. The first kappa shape index (κ1) is 9.23. The Hall–Kier alpha value is -0.860. The Bertz CT molecular complexity index is 299. The molecule has 0 spiro atoms. The monoisotopic (exact) mass is 185 g/mol. The van der Waals surface area contributed by atoms with Gasteiger partial charge in [-0.1, -0.05) is 23.7 Å². The third kappa shape index (κ3) is 1.84. The Morgan fingerprint density at radius 2 is 2.25 bits per heavy atom. The zero-order valence-corrected chi connectivity index (χ0v) is 7.18. The third-order valence-electron chi connectivity index (χ3n) is 1.58. The average molecular weight is 186 g/mol. The summed E-state index contributed by atoms with van der Waals surface area (Å²) in [6.07, 6.45) is 1.55. The van der Waals surface area contributed by atoms with E-state index in [-0.39, 0.29) is 11.9 Å². The smallest absolute Gasteiger partial charge is 0.124 e. The number of hydrogen-bond donors (Lipinski definition) is 1. The van der Waals surface area contributed by atoms with Gasteiger partial charge < -0.3 is 5.73 Å². The Morgan fingerprint density at radius 3 is 2.75 bits per heavy atom. The van der Waals surface area contributed by atoms with Crippen molar-refractivity contribution in [3.63, 3.8) is 0 Å². The molecule has 2 N–H and O–H groups in total. The lowest BCUT2D eigenvalue weighted by Crippen LogP contribution is -2.06. The molecular weight excluding hydrogens is 177 g/mol. The normalized spacial score (nSPS) is 12.6. The molecule has 1 nitrogen and oxygen atoms in total. The molecule has 1 aromatic rings. The van der Waals surface area contributed by atoms with Crippen LogP contribution >= 0.6 is 11.6 Å². The highest BCUT2D eigenvalue weighted by atomic mass is 35.5. The topological polar surface area (TPSA) is 26.0 Å². The van der Waals surface area contributed by atoms with Crippen molar-refractivity contribution in [3.05, 3.63) is 47.3 Å². The molecule has 1 aromatic carbocycles. The number of hydrogen-bond acceptors (Lipinski definition) is 1. The molecule has 0 heterocycles. The highest BCUT2D eigenvalue weighted by Crippen LogP contribution is 2.22. The van der Waals surface area contributed by atoms with Gasteiger partial charge in [-0.2, -0.15) is 0 Å². The van der Waals surface area contributed by atoms with E-state index >= 15 is 0 Å². The molecule has 0 saturated heterocycles. The van der Waals surface area contributed by atoms with Gasteiger partial charge >= 0.3 is 0 Å². The summed E-state index contributed by atoms with van der Waals surface area (Å²) in [7, 11) is 0. The molecule has 0 aliphatic heterocycles. The first-order valence-corrected chi connectivity index (χ1v) is 3.86. The number of halogens is 2. The summed E-state index contributed by atoms with van der Waals surface area (Å²) in [5.41, 5.74) is 6.31. The van der Waals surface area contributed by atoms with Gasteiger partial charge in [-0.05, 0) is 17.7 Å². The zero-order valence-electron chi connectivity index (χ0n) is 6.43. The number of rotatable bonds is 2. The van der Waals surface area contributed by atoms with Gasteiger partial charge in [0.25, 0.3) is 0 Å². The summed E-state index contributed by atoms with van der Waals surface area (Å²) in [6.45, 7) is 3.52. The maximum Gasteiger partial charge on any atom is 0.124 e. The SMILES string of the molecule is C=CC(N)c1ccc(F)cc1Cl. The molecule has 0 amide bonds. The standard InChI is InChI=1S/C9H9ClFN/c1-2-9(12)7-4-3-6(11)5-8(7)10/h2-5,9H,1,12H2. The van der Waals surface area contributed by atoms with E-state index in [1.165, 1.54) is 12.1 Å². The van der Waals surface area contributed by atoms with Gasteiger partial charge in [0, 0.05) is 11.1 Å². The first-order chi connectivity index (χ1) is 5.65. The zero-order chi connectivity index (χ0) is 9.14. The van der Waals surface area contributed by atoms with Crippen molar-refractivity contribution in [2.24, 2.45) is 5.73 Å². The van der Waals surface area contributed by atoms with E-state index in [0.717, 1.165) is 0 Å². The molecule has 0 radical (unpaired) electrons. The van der Waals surface area contributed by atoms with Gasteiger partial charge in [0.2, 0.25) is 0 Å². The first-order valence-electron chi connectivity index (χ1n) is 3.48. The Kier molecular flexibility index (Phi) is 2.84. The lowest BCUT2D eigenvalue weighted by atomic mass is 10.1. The van der Waals surface area contributed by atoms with Crippen molar-refractivity contribution in [1.29, 1.82) is 0 Å². The minimum atomic E-state index is -0.361. The Labute approximate surface area is 75.6 Å². The van der Waals surface area contributed by atoms with Crippen LogP contribution in [0.2, 0.25) is 5.02 Å². The van der Waals surface area contributed by atoms with Crippen molar-refractivity contribution < 1.29 is 4.39 Å². The summed E-state index contributed by atoms with van der Waals surface area (Å²) in [6, 6.07) is 3.78. The molecule has 1 rings (SSSR count). The van der Waals surface area contributed by atoms with Crippen LogP contribution in [0.3, 0.4) is 0 Å². The summed E-state index contributed by atoms with van der Waals surface area (Å²) in [5, 5.41) is 0.336. The molecule has 64 valence electrons. The molecule has 1 unspecified atom stereocenters. The van der Waals surface area contributed by atoms with E-state index < -0.39 is 0 Å². The average Bonchev–Trinajstić information content (AvgIpc) is 2.03. The van der Waals surface area contributed by atoms with Crippen molar-refractivity contribution in [2.45, 2.75) is 6.04 Å². The van der Waals surface area contributed by atoms with E-state index in [1.807, 2.05) is 0 Å². The fourth-order valence-electron chi connectivity index (χ4n) is 0.899. The van der Waals surface area contributed by atoms with E-state index in [0.29, 0.717) is 10.6 Å². The van der Waals surface area contributed by atoms with Crippen LogP contribution in [0.15, 0.2) is 30.9 Å². The van der Waals surface area contributed by atoms with E-state index in [2.05, 4.69) is 6.58 Å². The van der Waals surface area contributed by atoms with Crippen LogP contribution < -0.4 is 5.73 Å². The summed E-state index contributed by atoms with van der Waals surface area (Å²) in [5.74, 6) is -0.361. The Balaban J connectivity index is 3.09. The van der Waals surface area contributed by atoms with Crippen LogP contribution in [0.5, 0.6) is 0 Å². The molecule has 1 atom stereocenters. The van der Waals surface area contributed by atoms with Crippen molar-refractivity contribution in [1.82, 2.24) is 0 Å². The van der Waals surface area contributed by atoms with Crippen molar-refractivity contribution in [2.75, 3.05) is 0 Å². The molecule has 0 aliphatic rings. The lowest BCUT2D eigenvalue weighted by Gasteiger charge is -2.07. The van der Waals surface area contributed by atoms with Gasteiger partial charge in [-0.15, -0.1) is 6.58 Å². The maximum absolute atomic E-state index is 12.6. The minimum Gasteiger partial charge on any atom is -0.321 e. The van der Waals surface area contributed by atoms with Gasteiger partial charge in [-0.3, -0.25) is 0 Å². The van der Waals surface area contributed by atoms with Crippen LogP contribution in [0.1, 0.15) is 11.6 Å². The van der Waals surface area contributed by atoms with Crippen LogP contribution in [0, 0.1) is 5.82 Å². The molecule has 0 aliphatic carbocycles. The predicted molar refractivity (Wildman–Crippen MR) is 48.5 cm³/mol. The van der Waals surface area contributed by atoms with Gasteiger partial charge in [0.05, 0.1) is 0 Å². The predicted octanol–water partition coefficient (Wildman–Crippen LogP) is 2.66. The molecule has 0 fully saturated rings. The Morgan fingerprint density at radius 1 is 1.58 bits per heavy atom. The fourth-order valence-corrected chi connectivity index (χ4v) is 1.19.